The number of aliphatic carboxylic acids is 1. The van der Waals surface area contributed by atoms with Gasteiger partial charge in [0.15, 0.2) is 0 Å². The van der Waals surface area contributed by atoms with Gasteiger partial charge in [-0.05, 0) is 50.3 Å². The molecule has 2 atom stereocenters. The Hall–Kier alpha value is -1.55. The van der Waals surface area contributed by atoms with Crippen molar-refractivity contribution in [3.05, 3.63) is 28.8 Å². The summed E-state index contributed by atoms with van der Waals surface area (Å²) in [6.45, 7) is 8.19. The van der Waals surface area contributed by atoms with Crippen LogP contribution in [0.5, 0.6) is 5.75 Å². The van der Waals surface area contributed by atoms with Crippen LogP contribution in [0.1, 0.15) is 55.8 Å². The van der Waals surface area contributed by atoms with Crippen LogP contribution in [0.15, 0.2) is 12.1 Å². The number of aromatic hydroxyl groups is 1. The van der Waals surface area contributed by atoms with Gasteiger partial charge in [0.1, 0.15) is 5.75 Å². The minimum atomic E-state index is -0.827. The second-order valence-electron chi connectivity index (χ2n) is 6.04. The van der Waals surface area contributed by atoms with E-state index in [0.29, 0.717) is 5.92 Å². The van der Waals surface area contributed by atoms with Crippen molar-refractivity contribution in [3.63, 3.8) is 0 Å². The molecule has 0 aliphatic heterocycles. The second-order valence-corrected chi connectivity index (χ2v) is 6.04. The van der Waals surface area contributed by atoms with Gasteiger partial charge in [0.25, 0.3) is 0 Å². The highest BCUT2D eigenvalue weighted by molar-refractivity contribution is 5.69. The zero-order chi connectivity index (χ0) is 15.0. The van der Waals surface area contributed by atoms with Crippen LogP contribution in [0.2, 0.25) is 0 Å². The Balaban J connectivity index is 2.46. The van der Waals surface area contributed by atoms with Crippen molar-refractivity contribution in [1.29, 1.82) is 0 Å². The van der Waals surface area contributed by atoms with Crippen LogP contribution in [0.3, 0.4) is 0 Å². The number of fused-ring (bicyclic) bond motifs is 1. The summed E-state index contributed by atoms with van der Waals surface area (Å²) < 4.78 is 0. The summed E-state index contributed by atoms with van der Waals surface area (Å²) >= 11 is 0. The molecule has 2 rings (SSSR count). The second kappa shape index (κ2) is 5.44. The lowest BCUT2D eigenvalue weighted by Crippen LogP contribution is -2.38. The number of hydrogen-bond donors (Lipinski definition) is 2. The number of aryl methyl sites for hydroxylation is 1. The third kappa shape index (κ3) is 2.52. The highest BCUT2D eigenvalue weighted by atomic mass is 16.4. The summed E-state index contributed by atoms with van der Waals surface area (Å²) in [6.07, 6.45) is 0.860. The highest BCUT2D eigenvalue weighted by Gasteiger charge is 2.37. The largest absolute Gasteiger partial charge is 0.508 e. The lowest BCUT2D eigenvalue weighted by atomic mass is 9.97. The Kier molecular flexibility index (Phi) is 4.04. The van der Waals surface area contributed by atoms with Gasteiger partial charge in [0.2, 0.25) is 0 Å². The van der Waals surface area contributed by atoms with Crippen LogP contribution in [0.4, 0.5) is 0 Å². The molecule has 0 fully saturated rings. The maximum Gasteiger partial charge on any atom is 0.317 e. The fourth-order valence-corrected chi connectivity index (χ4v) is 3.42. The highest BCUT2D eigenvalue weighted by Crippen LogP contribution is 2.48. The maximum absolute atomic E-state index is 11.1. The fraction of sp³-hybridized carbons (Fsp3) is 0.562. The predicted octanol–water partition coefficient (Wildman–Crippen LogP) is 3.04. The molecule has 0 radical (unpaired) electrons. The van der Waals surface area contributed by atoms with E-state index >= 15 is 0 Å². The molecular formula is C16H23NO3. The quantitative estimate of drug-likeness (QED) is 0.888. The minimum Gasteiger partial charge on any atom is -0.508 e. The first-order valence-electron chi connectivity index (χ1n) is 7.12. The van der Waals surface area contributed by atoms with Crippen molar-refractivity contribution in [2.45, 2.75) is 52.1 Å². The van der Waals surface area contributed by atoms with Gasteiger partial charge in [-0.2, -0.15) is 0 Å². The number of benzene rings is 1. The van der Waals surface area contributed by atoms with E-state index in [4.69, 9.17) is 5.11 Å². The SMILES string of the molecule is Cc1ccc(O)c2c1C(C)CC2N(CC(=O)O)C(C)C. The maximum atomic E-state index is 11.1. The molecule has 1 aliphatic carbocycles. The molecule has 2 unspecified atom stereocenters. The van der Waals surface area contributed by atoms with Gasteiger partial charge in [-0.15, -0.1) is 0 Å². The van der Waals surface area contributed by atoms with Crippen molar-refractivity contribution in [1.82, 2.24) is 4.90 Å². The average Bonchev–Trinajstić information content (AvgIpc) is 2.69. The summed E-state index contributed by atoms with van der Waals surface area (Å²) in [5, 5.41) is 19.4. The molecule has 0 bridgehead atoms. The zero-order valence-electron chi connectivity index (χ0n) is 12.6. The molecule has 1 aliphatic rings. The molecule has 0 saturated carbocycles. The topological polar surface area (TPSA) is 60.8 Å². The van der Waals surface area contributed by atoms with Crippen LogP contribution in [-0.2, 0) is 4.79 Å². The molecule has 1 aromatic rings. The normalized spacial score (nSPS) is 21.5. The lowest BCUT2D eigenvalue weighted by Gasteiger charge is -2.32. The van der Waals surface area contributed by atoms with Crippen LogP contribution in [0.25, 0.3) is 0 Å². The van der Waals surface area contributed by atoms with Gasteiger partial charge in [0.05, 0.1) is 6.54 Å². The van der Waals surface area contributed by atoms with E-state index in [1.807, 2.05) is 31.7 Å². The molecule has 2 N–H and O–H groups in total. The zero-order valence-corrected chi connectivity index (χ0v) is 12.6. The van der Waals surface area contributed by atoms with E-state index in [9.17, 15) is 9.90 Å². The van der Waals surface area contributed by atoms with E-state index in [1.54, 1.807) is 6.07 Å². The Labute approximate surface area is 120 Å². The summed E-state index contributed by atoms with van der Waals surface area (Å²) in [4.78, 5) is 13.1. The third-order valence-electron chi connectivity index (χ3n) is 4.27. The van der Waals surface area contributed by atoms with Crippen LogP contribution >= 0.6 is 0 Å². The van der Waals surface area contributed by atoms with Gasteiger partial charge in [-0.3, -0.25) is 9.69 Å². The lowest BCUT2D eigenvalue weighted by molar-refractivity contribution is -0.139. The molecule has 1 aromatic carbocycles. The Morgan fingerprint density at radius 1 is 1.40 bits per heavy atom. The molecule has 0 heterocycles. The van der Waals surface area contributed by atoms with Crippen LogP contribution in [0, 0.1) is 6.92 Å². The van der Waals surface area contributed by atoms with Gasteiger partial charge in [-0.25, -0.2) is 0 Å². The summed E-state index contributed by atoms with van der Waals surface area (Å²) in [7, 11) is 0. The number of phenols is 1. The average molecular weight is 277 g/mol. The Morgan fingerprint density at radius 3 is 2.60 bits per heavy atom. The fourth-order valence-electron chi connectivity index (χ4n) is 3.42. The van der Waals surface area contributed by atoms with E-state index in [0.717, 1.165) is 12.0 Å². The first-order valence-corrected chi connectivity index (χ1v) is 7.12. The smallest absolute Gasteiger partial charge is 0.317 e. The van der Waals surface area contributed by atoms with Crippen LogP contribution < -0.4 is 0 Å². The van der Waals surface area contributed by atoms with Crippen molar-refractivity contribution in [2.75, 3.05) is 6.54 Å². The van der Waals surface area contributed by atoms with E-state index in [2.05, 4.69) is 6.92 Å². The predicted molar refractivity (Wildman–Crippen MR) is 78.1 cm³/mol. The number of carboxylic acids is 1. The summed E-state index contributed by atoms with van der Waals surface area (Å²) in [5.41, 5.74) is 3.28. The van der Waals surface area contributed by atoms with Crippen LogP contribution in [-0.4, -0.2) is 33.7 Å². The number of carbonyl (C=O) groups is 1. The van der Waals surface area contributed by atoms with Gasteiger partial charge < -0.3 is 10.2 Å². The van der Waals surface area contributed by atoms with Crippen molar-refractivity contribution in [3.8, 4) is 5.75 Å². The summed E-state index contributed by atoms with van der Waals surface area (Å²) in [5.74, 6) is -0.194. The molecule has 0 saturated heterocycles. The third-order valence-corrected chi connectivity index (χ3v) is 4.27. The molecule has 110 valence electrons. The summed E-state index contributed by atoms with van der Waals surface area (Å²) in [6, 6.07) is 3.76. The number of rotatable bonds is 4. The molecule has 4 nitrogen and oxygen atoms in total. The van der Waals surface area contributed by atoms with E-state index < -0.39 is 5.97 Å². The number of carboxylic acid groups (broad SMARTS) is 1. The first kappa shape index (κ1) is 14.9. The minimum absolute atomic E-state index is 0.00186. The van der Waals surface area contributed by atoms with Gasteiger partial charge >= 0.3 is 5.97 Å². The van der Waals surface area contributed by atoms with Crippen molar-refractivity contribution in [2.24, 2.45) is 0 Å². The Morgan fingerprint density at radius 2 is 2.05 bits per heavy atom. The monoisotopic (exact) mass is 277 g/mol. The van der Waals surface area contributed by atoms with Gasteiger partial charge in [-0.1, -0.05) is 13.0 Å². The molecule has 0 aromatic heterocycles. The van der Waals surface area contributed by atoms with Gasteiger partial charge in [0, 0.05) is 17.6 Å². The first-order chi connectivity index (χ1) is 9.32. The Bertz CT molecular complexity index is 525. The molecule has 0 spiro atoms. The molecular weight excluding hydrogens is 254 g/mol. The standard InChI is InChI=1S/C16H23NO3/c1-9(2)17(8-14(19)20)12-7-11(4)15-10(3)5-6-13(18)16(12)15/h5-6,9,11-12,18H,7-8H2,1-4H3,(H,19,20). The molecule has 0 amide bonds. The number of phenolic OH excluding ortho intramolecular Hbond substituents is 1. The van der Waals surface area contributed by atoms with Crippen molar-refractivity contribution < 1.29 is 15.0 Å². The molecule has 20 heavy (non-hydrogen) atoms. The van der Waals surface area contributed by atoms with Crippen molar-refractivity contribution >= 4 is 5.97 Å². The van der Waals surface area contributed by atoms with E-state index in [-0.39, 0.29) is 24.4 Å². The molecule has 4 heteroatoms. The van der Waals surface area contributed by atoms with E-state index in [1.165, 1.54) is 11.1 Å². The number of hydrogen-bond acceptors (Lipinski definition) is 3. The number of nitrogens with zero attached hydrogens (tertiary/aromatic N) is 1.